The van der Waals surface area contributed by atoms with Crippen molar-refractivity contribution in [3.63, 3.8) is 0 Å². The lowest BCUT2D eigenvalue weighted by Gasteiger charge is -2.31. The summed E-state index contributed by atoms with van der Waals surface area (Å²) in [6.45, 7) is 0.0682. The minimum absolute atomic E-state index is 0.144. The van der Waals surface area contributed by atoms with Crippen LogP contribution in [0.5, 0.6) is 0 Å². The molecule has 1 aliphatic rings. The molecule has 0 aliphatic heterocycles. The summed E-state index contributed by atoms with van der Waals surface area (Å²) in [4.78, 5) is 1.44. The lowest BCUT2D eigenvalue weighted by atomic mass is 9.97. The molecule has 1 fully saturated rings. The van der Waals surface area contributed by atoms with E-state index in [0.29, 0.717) is 0 Å². The van der Waals surface area contributed by atoms with Crippen molar-refractivity contribution in [2.24, 2.45) is 11.7 Å². The molecule has 0 heterocycles. The molecule has 84 valence electrons. The maximum atomic E-state index is 12.0. The van der Waals surface area contributed by atoms with Crippen LogP contribution in [0.25, 0.3) is 0 Å². The van der Waals surface area contributed by atoms with Gasteiger partial charge in [-0.1, -0.05) is 0 Å². The molecule has 3 N–H and O–H groups in total. The Morgan fingerprint density at radius 1 is 1.57 bits per heavy atom. The Kier molecular flexibility index (Phi) is 3.80. The van der Waals surface area contributed by atoms with E-state index >= 15 is 0 Å². The first kappa shape index (κ1) is 11.8. The smallest absolute Gasteiger partial charge is 0.251 e. The second-order valence-corrected chi connectivity index (χ2v) is 4.17. The van der Waals surface area contributed by atoms with Gasteiger partial charge in [0.2, 0.25) is 0 Å². The highest BCUT2D eigenvalue weighted by atomic mass is 19.3. The average molecular weight is 208 g/mol. The van der Waals surface area contributed by atoms with E-state index in [1.165, 1.54) is 4.90 Å². The number of aliphatic hydroxyl groups is 1. The van der Waals surface area contributed by atoms with Crippen molar-refractivity contribution in [3.05, 3.63) is 0 Å². The van der Waals surface area contributed by atoms with Crippen molar-refractivity contribution in [1.82, 2.24) is 4.90 Å². The van der Waals surface area contributed by atoms with Gasteiger partial charge in [0.05, 0.1) is 12.1 Å². The van der Waals surface area contributed by atoms with Gasteiger partial charge >= 0.3 is 0 Å². The molecule has 1 aliphatic carbocycles. The number of hydrogen-bond donors (Lipinski definition) is 2. The first-order valence-corrected chi connectivity index (χ1v) is 4.87. The molecular formula is C9H18F2N2O. The molecule has 0 aromatic carbocycles. The van der Waals surface area contributed by atoms with Gasteiger partial charge in [0.1, 0.15) is 0 Å². The fourth-order valence-corrected chi connectivity index (χ4v) is 1.75. The number of hydrogen-bond acceptors (Lipinski definition) is 3. The summed E-state index contributed by atoms with van der Waals surface area (Å²) in [5.41, 5.74) is 4.49. The van der Waals surface area contributed by atoms with Crippen LogP contribution in [0, 0.1) is 5.92 Å². The Balaban J connectivity index is 2.39. The van der Waals surface area contributed by atoms with Gasteiger partial charge < -0.3 is 10.8 Å². The molecule has 0 spiro atoms. The van der Waals surface area contributed by atoms with Gasteiger partial charge in [0.15, 0.2) is 0 Å². The number of rotatable bonds is 6. The molecule has 0 saturated heterocycles. The highest BCUT2D eigenvalue weighted by Gasteiger charge is 2.43. The summed E-state index contributed by atoms with van der Waals surface area (Å²) in [7, 11) is 1.58. The van der Waals surface area contributed by atoms with Crippen LogP contribution in [0.15, 0.2) is 0 Å². The van der Waals surface area contributed by atoms with E-state index in [1.807, 2.05) is 0 Å². The van der Waals surface area contributed by atoms with Crippen LogP contribution < -0.4 is 5.73 Å². The van der Waals surface area contributed by atoms with Crippen molar-refractivity contribution in [1.29, 1.82) is 0 Å². The Hall–Kier alpha value is -0.260. The van der Waals surface area contributed by atoms with Crippen molar-refractivity contribution in [2.75, 3.05) is 26.7 Å². The van der Waals surface area contributed by atoms with E-state index in [4.69, 9.17) is 5.73 Å². The standard InChI is InChI=1S/C9H18F2N2O/c1-13(4-8(10)11)6-9(14,5-12)7-2-3-7/h7-8,14H,2-6,12H2,1H3. The van der Waals surface area contributed by atoms with Gasteiger partial charge in [-0.05, 0) is 25.8 Å². The number of alkyl halides is 2. The largest absolute Gasteiger partial charge is 0.387 e. The average Bonchev–Trinajstić information content (AvgIpc) is 2.84. The first-order valence-electron chi connectivity index (χ1n) is 4.87. The highest BCUT2D eigenvalue weighted by molar-refractivity contribution is 4.97. The van der Waals surface area contributed by atoms with E-state index < -0.39 is 12.0 Å². The zero-order valence-electron chi connectivity index (χ0n) is 8.42. The number of nitrogens with zero attached hydrogens (tertiary/aromatic N) is 1. The Bertz CT molecular complexity index is 188. The molecule has 1 unspecified atom stereocenters. The van der Waals surface area contributed by atoms with Crippen molar-refractivity contribution in [2.45, 2.75) is 24.9 Å². The molecule has 5 heteroatoms. The lowest BCUT2D eigenvalue weighted by molar-refractivity contribution is -0.0146. The van der Waals surface area contributed by atoms with Crippen LogP contribution in [0.2, 0.25) is 0 Å². The molecule has 0 aromatic heterocycles. The fourth-order valence-electron chi connectivity index (χ4n) is 1.75. The summed E-state index contributed by atoms with van der Waals surface area (Å²) in [6.07, 6.45) is -0.451. The third-order valence-electron chi connectivity index (χ3n) is 2.68. The van der Waals surface area contributed by atoms with E-state index in [0.717, 1.165) is 12.8 Å². The first-order chi connectivity index (χ1) is 6.48. The third-order valence-corrected chi connectivity index (χ3v) is 2.68. The number of likely N-dealkylation sites (N-methyl/N-ethyl adjacent to an activating group) is 1. The molecule has 0 radical (unpaired) electrons. The fraction of sp³-hybridized carbons (Fsp3) is 1.00. The second kappa shape index (κ2) is 4.51. The quantitative estimate of drug-likeness (QED) is 0.659. The van der Waals surface area contributed by atoms with Crippen LogP contribution >= 0.6 is 0 Å². The molecule has 0 aromatic rings. The molecule has 0 bridgehead atoms. The third kappa shape index (κ3) is 3.15. The van der Waals surface area contributed by atoms with E-state index in [9.17, 15) is 13.9 Å². The Morgan fingerprint density at radius 3 is 2.50 bits per heavy atom. The van der Waals surface area contributed by atoms with Crippen molar-refractivity contribution >= 4 is 0 Å². The van der Waals surface area contributed by atoms with Gasteiger partial charge in [-0.25, -0.2) is 8.78 Å². The van der Waals surface area contributed by atoms with Gasteiger partial charge in [0.25, 0.3) is 6.43 Å². The SMILES string of the molecule is CN(CC(F)F)CC(O)(CN)C1CC1. The number of halogens is 2. The number of nitrogens with two attached hydrogens (primary N) is 1. The lowest BCUT2D eigenvalue weighted by Crippen LogP contribution is -2.49. The minimum atomic E-state index is -2.36. The van der Waals surface area contributed by atoms with Crippen LogP contribution in [0.1, 0.15) is 12.8 Å². The van der Waals surface area contributed by atoms with Crippen molar-refractivity contribution in [3.8, 4) is 0 Å². The maximum absolute atomic E-state index is 12.0. The van der Waals surface area contributed by atoms with Gasteiger partial charge in [-0.3, -0.25) is 4.90 Å². The summed E-state index contributed by atoms with van der Waals surface area (Å²) >= 11 is 0. The normalized spacial score (nSPS) is 21.6. The van der Waals surface area contributed by atoms with E-state index in [-0.39, 0.29) is 25.6 Å². The van der Waals surface area contributed by atoms with Crippen molar-refractivity contribution < 1.29 is 13.9 Å². The molecule has 1 saturated carbocycles. The summed E-state index contributed by atoms with van der Waals surface area (Å²) in [6, 6.07) is 0. The molecule has 0 amide bonds. The molecule has 3 nitrogen and oxygen atoms in total. The van der Waals surface area contributed by atoms with Crippen LogP contribution in [-0.2, 0) is 0 Å². The maximum Gasteiger partial charge on any atom is 0.251 e. The molecular weight excluding hydrogens is 190 g/mol. The predicted octanol–water partition coefficient (Wildman–Crippen LogP) is 0.283. The zero-order valence-corrected chi connectivity index (χ0v) is 8.42. The van der Waals surface area contributed by atoms with E-state index in [1.54, 1.807) is 7.05 Å². The monoisotopic (exact) mass is 208 g/mol. The van der Waals surface area contributed by atoms with Gasteiger partial charge in [-0.2, -0.15) is 0 Å². The minimum Gasteiger partial charge on any atom is -0.387 e. The molecule has 14 heavy (non-hydrogen) atoms. The van der Waals surface area contributed by atoms with Crippen LogP contribution in [0.3, 0.4) is 0 Å². The summed E-state index contributed by atoms with van der Waals surface area (Å²) in [5.74, 6) is 0.202. The van der Waals surface area contributed by atoms with Crippen LogP contribution in [0.4, 0.5) is 8.78 Å². The summed E-state index contributed by atoms with van der Waals surface area (Å²) in [5, 5.41) is 10.0. The topological polar surface area (TPSA) is 49.5 Å². The summed E-state index contributed by atoms with van der Waals surface area (Å²) < 4.78 is 24.1. The zero-order chi connectivity index (χ0) is 10.8. The Morgan fingerprint density at radius 2 is 2.14 bits per heavy atom. The molecule has 1 rings (SSSR count). The van der Waals surface area contributed by atoms with Gasteiger partial charge in [-0.15, -0.1) is 0 Å². The second-order valence-electron chi connectivity index (χ2n) is 4.17. The molecule has 1 atom stereocenters. The highest BCUT2D eigenvalue weighted by Crippen LogP contribution is 2.39. The Labute approximate surface area is 82.9 Å². The van der Waals surface area contributed by atoms with E-state index in [2.05, 4.69) is 0 Å². The predicted molar refractivity (Wildman–Crippen MR) is 50.2 cm³/mol. The van der Waals surface area contributed by atoms with Crippen LogP contribution in [-0.4, -0.2) is 48.7 Å². The van der Waals surface area contributed by atoms with Gasteiger partial charge in [0, 0.05) is 13.1 Å².